The van der Waals surface area contributed by atoms with Gasteiger partial charge in [0.15, 0.2) is 11.3 Å². The monoisotopic (exact) mass is 309 g/mol. The first-order valence-electron chi connectivity index (χ1n) is 6.03. The van der Waals surface area contributed by atoms with Gasteiger partial charge >= 0.3 is 18.1 Å². The van der Waals surface area contributed by atoms with Crippen molar-refractivity contribution >= 4 is 17.7 Å². The minimum atomic E-state index is -5.18. The molecule has 0 saturated heterocycles. The second kappa shape index (κ2) is 6.15. The van der Waals surface area contributed by atoms with Crippen molar-refractivity contribution in [3.63, 3.8) is 0 Å². The molecule has 0 saturated carbocycles. The van der Waals surface area contributed by atoms with Gasteiger partial charge in [-0.1, -0.05) is 0 Å². The summed E-state index contributed by atoms with van der Waals surface area (Å²) in [5.41, 5.74) is -2.15. The van der Waals surface area contributed by atoms with Crippen molar-refractivity contribution < 1.29 is 37.0 Å². The number of rotatable bonds is 4. The van der Waals surface area contributed by atoms with Crippen molar-refractivity contribution in [3.05, 3.63) is 11.8 Å². The number of allylic oxidation sites excluding steroid dienone is 1. The quantitative estimate of drug-likeness (QED) is 0.779. The molecule has 118 valence electrons. The lowest BCUT2D eigenvalue weighted by atomic mass is 9.84. The van der Waals surface area contributed by atoms with E-state index in [4.69, 9.17) is 4.74 Å². The van der Waals surface area contributed by atoms with Gasteiger partial charge in [0.05, 0.1) is 13.7 Å². The fraction of sp³-hybridized carbons (Fsp3) is 0.583. The third-order valence-corrected chi connectivity index (χ3v) is 2.88. The molecule has 1 amide bonds. The van der Waals surface area contributed by atoms with Crippen LogP contribution in [0.15, 0.2) is 11.8 Å². The van der Waals surface area contributed by atoms with Gasteiger partial charge in [-0.2, -0.15) is 13.2 Å². The number of methoxy groups -OCH3 is 1. The van der Waals surface area contributed by atoms with Crippen LogP contribution >= 0.6 is 0 Å². The molecule has 0 bridgehead atoms. The van der Waals surface area contributed by atoms with E-state index in [1.54, 1.807) is 5.32 Å². The fourth-order valence-electron chi connectivity index (χ4n) is 1.91. The number of ether oxygens (including phenoxy) is 2. The summed E-state index contributed by atoms with van der Waals surface area (Å²) in [7, 11) is 0.962. The summed E-state index contributed by atoms with van der Waals surface area (Å²) in [6.07, 6.45) is -4.86. The van der Waals surface area contributed by atoms with Crippen molar-refractivity contribution in [1.29, 1.82) is 0 Å². The van der Waals surface area contributed by atoms with Crippen molar-refractivity contribution in [2.24, 2.45) is 0 Å². The van der Waals surface area contributed by atoms with Crippen LogP contribution in [0, 0.1) is 0 Å². The van der Waals surface area contributed by atoms with Crippen molar-refractivity contribution in [3.8, 4) is 0 Å². The van der Waals surface area contributed by atoms with Gasteiger partial charge in [-0.05, 0) is 13.3 Å². The number of nitrogens with one attached hydrogen (secondary N) is 1. The van der Waals surface area contributed by atoms with E-state index in [9.17, 15) is 27.6 Å². The van der Waals surface area contributed by atoms with Crippen LogP contribution < -0.4 is 5.32 Å². The number of carbonyl (C=O) groups is 3. The molecule has 1 N–H and O–H groups in total. The summed E-state index contributed by atoms with van der Waals surface area (Å²) >= 11 is 0. The molecule has 0 spiro atoms. The zero-order valence-corrected chi connectivity index (χ0v) is 11.4. The number of ketones is 1. The van der Waals surface area contributed by atoms with Crippen molar-refractivity contribution in [2.45, 2.75) is 31.5 Å². The number of carbonyl (C=O) groups excluding carboxylic acids is 3. The molecule has 21 heavy (non-hydrogen) atoms. The van der Waals surface area contributed by atoms with E-state index in [-0.39, 0.29) is 25.2 Å². The van der Waals surface area contributed by atoms with Gasteiger partial charge in [-0.25, -0.2) is 4.79 Å². The molecule has 0 aliphatic heterocycles. The summed E-state index contributed by atoms with van der Waals surface area (Å²) in [6, 6.07) is 0. The van der Waals surface area contributed by atoms with E-state index >= 15 is 0 Å². The average molecular weight is 309 g/mol. The third kappa shape index (κ3) is 3.53. The van der Waals surface area contributed by atoms with Gasteiger partial charge in [-0.3, -0.25) is 9.59 Å². The highest BCUT2D eigenvalue weighted by Gasteiger charge is 2.53. The normalized spacial score (nSPS) is 22.3. The van der Waals surface area contributed by atoms with Crippen LogP contribution in [0.3, 0.4) is 0 Å². The van der Waals surface area contributed by atoms with Crippen LogP contribution in [0.2, 0.25) is 0 Å². The van der Waals surface area contributed by atoms with E-state index in [2.05, 4.69) is 4.74 Å². The van der Waals surface area contributed by atoms with Crippen molar-refractivity contribution in [1.82, 2.24) is 5.32 Å². The van der Waals surface area contributed by atoms with Gasteiger partial charge in [-0.15, -0.1) is 0 Å². The first-order chi connectivity index (χ1) is 9.67. The number of hydrogen-bond acceptors (Lipinski definition) is 5. The predicted octanol–water partition coefficient (Wildman–Crippen LogP) is 0.860. The molecule has 1 unspecified atom stereocenters. The van der Waals surface area contributed by atoms with E-state index < -0.39 is 29.4 Å². The molecule has 9 heteroatoms. The van der Waals surface area contributed by atoms with Crippen LogP contribution in [0.4, 0.5) is 13.2 Å². The molecule has 0 heterocycles. The zero-order valence-electron chi connectivity index (χ0n) is 11.4. The lowest BCUT2D eigenvalue weighted by Gasteiger charge is -2.35. The van der Waals surface area contributed by atoms with Gasteiger partial charge in [0.25, 0.3) is 0 Å². The smallest absolute Gasteiger partial charge is 0.471 e. The second-order valence-electron chi connectivity index (χ2n) is 4.26. The maximum Gasteiger partial charge on any atom is 0.471 e. The van der Waals surface area contributed by atoms with E-state index in [0.29, 0.717) is 0 Å². The maximum absolute atomic E-state index is 12.4. The summed E-state index contributed by atoms with van der Waals surface area (Å²) in [4.78, 5) is 34.5. The molecule has 0 aromatic heterocycles. The summed E-state index contributed by atoms with van der Waals surface area (Å²) in [6.45, 7) is 1.52. The highest BCUT2D eigenvalue weighted by Crippen LogP contribution is 2.31. The van der Waals surface area contributed by atoms with Crippen LogP contribution in [-0.4, -0.2) is 43.1 Å². The molecule has 0 aromatic carbocycles. The minimum Gasteiger partial charge on any atom is -0.495 e. The molecule has 0 aromatic rings. The molecule has 0 radical (unpaired) electrons. The average Bonchev–Trinajstić information content (AvgIpc) is 2.40. The lowest BCUT2D eigenvalue weighted by molar-refractivity contribution is -0.178. The Morgan fingerprint density at radius 2 is 2.05 bits per heavy atom. The summed E-state index contributed by atoms with van der Waals surface area (Å²) < 4.78 is 46.8. The standard InChI is InChI=1S/C12H14F3NO5/c1-3-21-8-6-7(17)4-5-11(8,10(19)20-2)16-9(18)12(13,14)15/h6H,3-5H2,1-2H3,(H,16,18). The largest absolute Gasteiger partial charge is 0.495 e. The molecular formula is C12H14F3NO5. The van der Waals surface area contributed by atoms with Crippen molar-refractivity contribution in [2.75, 3.05) is 13.7 Å². The minimum absolute atomic E-state index is 0.000252. The highest BCUT2D eigenvalue weighted by atomic mass is 19.4. The molecule has 6 nitrogen and oxygen atoms in total. The number of esters is 1. The molecular weight excluding hydrogens is 295 g/mol. The maximum atomic E-state index is 12.4. The first kappa shape index (κ1) is 17.0. The van der Waals surface area contributed by atoms with Gasteiger partial charge < -0.3 is 14.8 Å². The number of halogens is 3. The molecule has 1 aliphatic rings. The van der Waals surface area contributed by atoms with Crippen LogP contribution in [0.5, 0.6) is 0 Å². The third-order valence-electron chi connectivity index (χ3n) is 2.88. The molecule has 1 rings (SSSR count). The number of alkyl halides is 3. The Morgan fingerprint density at radius 3 is 2.52 bits per heavy atom. The van der Waals surface area contributed by atoms with E-state index in [1.165, 1.54) is 6.92 Å². The van der Waals surface area contributed by atoms with Crippen LogP contribution in [-0.2, 0) is 23.9 Å². The van der Waals surface area contributed by atoms with E-state index in [1.807, 2.05) is 0 Å². The molecule has 1 aliphatic carbocycles. The Labute approximate surface area is 118 Å². The van der Waals surface area contributed by atoms with Crippen LogP contribution in [0.25, 0.3) is 0 Å². The Kier molecular flexibility index (Phi) is 4.97. The Balaban J connectivity index is 3.26. The predicted molar refractivity (Wildman–Crippen MR) is 62.9 cm³/mol. The van der Waals surface area contributed by atoms with Crippen LogP contribution in [0.1, 0.15) is 19.8 Å². The molecule has 0 fully saturated rings. The first-order valence-corrected chi connectivity index (χ1v) is 6.03. The summed E-state index contributed by atoms with van der Waals surface area (Å²) in [5, 5.41) is 1.59. The lowest BCUT2D eigenvalue weighted by Crippen LogP contribution is -2.60. The number of amides is 1. The van der Waals surface area contributed by atoms with E-state index in [0.717, 1.165) is 13.2 Å². The fourth-order valence-corrected chi connectivity index (χ4v) is 1.91. The molecule has 1 atom stereocenters. The second-order valence-corrected chi connectivity index (χ2v) is 4.26. The Morgan fingerprint density at radius 1 is 1.43 bits per heavy atom. The zero-order chi connectivity index (χ0) is 16.3. The van der Waals surface area contributed by atoms with Gasteiger partial charge in [0, 0.05) is 12.5 Å². The highest BCUT2D eigenvalue weighted by molar-refractivity contribution is 5.99. The topological polar surface area (TPSA) is 81.7 Å². The van der Waals surface area contributed by atoms with Gasteiger partial charge in [0.1, 0.15) is 5.76 Å². The van der Waals surface area contributed by atoms with Gasteiger partial charge in [0.2, 0.25) is 0 Å². The Hall–Kier alpha value is -2.06. The number of hydrogen-bond donors (Lipinski definition) is 1. The SMILES string of the molecule is CCOC1=CC(=O)CCC1(NC(=O)C(F)(F)F)C(=O)OC. The summed E-state index contributed by atoms with van der Waals surface area (Å²) in [5.74, 6) is -4.22. The Bertz CT molecular complexity index is 486.